The zero-order chi connectivity index (χ0) is 8.20. The number of rotatable bonds is 4. The van der Waals surface area contributed by atoms with Gasteiger partial charge in [-0.15, -0.1) is 0 Å². The molecule has 0 aliphatic rings. The van der Waals surface area contributed by atoms with Crippen molar-refractivity contribution in [1.82, 2.24) is 0 Å². The zero-order valence-corrected chi connectivity index (χ0v) is 10.6. The molecule has 0 saturated heterocycles. The average molecular weight is 208 g/mol. The molecule has 6 heteroatoms. The minimum absolute atomic E-state index is 0. The van der Waals surface area contributed by atoms with Crippen molar-refractivity contribution in [2.24, 2.45) is 0 Å². The van der Waals surface area contributed by atoms with Crippen molar-refractivity contribution in [2.75, 3.05) is 0 Å². The molecule has 0 radical (unpaired) electrons. The van der Waals surface area contributed by atoms with Crippen molar-refractivity contribution in [3.8, 4) is 0 Å². The van der Waals surface area contributed by atoms with E-state index >= 15 is 0 Å². The molecule has 0 aromatic heterocycles. The number of halogens is 1. The summed E-state index contributed by atoms with van der Waals surface area (Å²) in [7, 11) is -4.69. The fraction of sp³-hybridized carbons (Fsp3) is 1.00. The summed E-state index contributed by atoms with van der Waals surface area (Å²) in [5, 5.41) is 0. The molecular formula is C5H10FKO3S. The largest absolute Gasteiger partial charge is 1.00 e. The van der Waals surface area contributed by atoms with Crippen molar-refractivity contribution in [3.63, 3.8) is 0 Å². The third kappa shape index (κ3) is 7.82. The molecular weight excluding hydrogens is 198 g/mol. The SMILES string of the molecule is CCCCC(F)S(=O)(=O)[O-].[K+]. The second-order valence-corrected chi connectivity index (χ2v) is 3.54. The first-order valence-electron chi connectivity index (χ1n) is 3.07. The monoisotopic (exact) mass is 208 g/mol. The van der Waals surface area contributed by atoms with E-state index in [0.29, 0.717) is 12.8 Å². The van der Waals surface area contributed by atoms with Crippen LogP contribution in [0.3, 0.4) is 0 Å². The van der Waals surface area contributed by atoms with Gasteiger partial charge in [0.2, 0.25) is 0 Å². The molecule has 0 heterocycles. The maximum atomic E-state index is 12.2. The molecule has 0 N–H and O–H groups in total. The van der Waals surface area contributed by atoms with Gasteiger partial charge in [-0.1, -0.05) is 13.3 Å². The molecule has 0 fully saturated rings. The van der Waals surface area contributed by atoms with Gasteiger partial charge in [-0.05, 0) is 12.8 Å². The van der Waals surface area contributed by atoms with E-state index in [1.807, 2.05) is 0 Å². The Labute approximate surface area is 109 Å². The summed E-state index contributed by atoms with van der Waals surface area (Å²) in [6, 6.07) is 0. The van der Waals surface area contributed by atoms with Gasteiger partial charge < -0.3 is 4.55 Å². The molecule has 11 heavy (non-hydrogen) atoms. The first kappa shape index (κ1) is 15.0. The fourth-order valence-electron chi connectivity index (χ4n) is 0.509. The van der Waals surface area contributed by atoms with Crippen LogP contribution in [0.5, 0.6) is 0 Å². The molecule has 0 saturated carbocycles. The standard InChI is InChI=1S/C5H11FO3S.K/c1-2-3-4-5(6)10(7,8)9;/h5H,2-4H2,1H3,(H,7,8,9);/q;+1/p-1. The number of unbranched alkanes of at least 4 members (excludes halogenated alkanes) is 1. The van der Waals surface area contributed by atoms with E-state index in [9.17, 15) is 17.4 Å². The zero-order valence-electron chi connectivity index (χ0n) is 6.71. The molecule has 1 unspecified atom stereocenters. The Morgan fingerprint density at radius 3 is 2.27 bits per heavy atom. The molecule has 62 valence electrons. The van der Waals surface area contributed by atoms with Crippen LogP contribution < -0.4 is 51.4 Å². The van der Waals surface area contributed by atoms with Gasteiger partial charge in [0, 0.05) is 0 Å². The Bertz CT molecular complexity index is 180. The third-order valence-electron chi connectivity index (χ3n) is 1.10. The molecule has 0 aromatic rings. The number of hydrogen-bond donors (Lipinski definition) is 0. The van der Waals surface area contributed by atoms with E-state index in [2.05, 4.69) is 0 Å². The minimum Gasteiger partial charge on any atom is -0.746 e. The van der Waals surface area contributed by atoms with Crippen molar-refractivity contribution < 1.29 is 68.7 Å². The molecule has 0 aromatic carbocycles. The molecule has 0 bridgehead atoms. The van der Waals surface area contributed by atoms with Gasteiger partial charge in [0.05, 0.1) is 0 Å². The summed E-state index contributed by atoms with van der Waals surface area (Å²) in [6.45, 7) is 1.80. The normalized spacial score (nSPS) is 13.7. The van der Waals surface area contributed by atoms with Gasteiger partial charge in [-0.2, -0.15) is 0 Å². The van der Waals surface area contributed by atoms with Crippen LogP contribution in [0.2, 0.25) is 0 Å². The minimum atomic E-state index is -4.69. The van der Waals surface area contributed by atoms with E-state index in [4.69, 9.17) is 0 Å². The van der Waals surface area contributed by atoms with Crippen LogP contribution in [0.15, 0.2) is 0 Å². The molecule has 0 rings (SSSR count). The van der Waals surface area contributed by atoms with Gasteiger partial charge in [0.1, 0.15) is 10.1 Å². The Kier molecular flexibility index (Phi) is 9.44. The summed E-state index contributed by atoms with van der Waals surface area (Å²) >= 11 is 0. The summed E-state index contributed by atoms with van der Waals surface area (Å²) in [5.74, 6) is 0. The molecule has 1 atom stereocenters. The van der Waals surface area contributed by atoms with Gasteiger partial charge in [0.25, 0.3) is 0 Å². The van der Waals surface area contributed by atoms with Crippen LogP contribution in [0.25, 0.3) is 0 Å². The average Bonchev–Trinajstić information content (AvgIpc) is 1.80. The Hall–Kier alpha value is 1.48. The topological polar surface area (TPSA) is 57.2 Å². The molecule has 0 aliphatic heterocycles. The second kappa shape index (κ2) is 6.94. The summed E-state index contributed by atoms with van der Waals surface area (Å²) < 4.78 is 41.9. The summed E-state index contributed by atoms with van der Waals surface area (Å²) in [5.41, 5.74) is -2.22. The van der Waals surface area contributed by atoms with Crippen LogP contribution in [0.1, 0.15) is 26.2 Å². The second-order valence-electron chi connectivity index (χ2n) is 2.05. The number of hydrogen-bond acceptors (Lipinski definition) is 3. The molecule has 0 aliphatic carbocycles. The smallest absolute Gasteiger partial charge is 0.746 e. The first-order chi connectivity index (χ1) is 4.48. The van der Waals surface area contributed by atoms with Crippen LogP contribution in [0, 0.1) is 0 Å². The quantitative estimate of drug-likeness (QED) is 0.397. The Balaban J connectivity index is 0. The maximum Gasteiger partial charge on any atom is 1.00 e. The van der Waals surface area contributed by atoms with E-state index < -0.39 is 15.6 Å². The van der Waals surface area contributed by atoms with E-state index in [1.54, 1.807) is 6.92 Å². The Morgan fingerprint density at radius 1 is 1.55 bits per heavy atom. The van der Waals surface area contributed by atoms with Gasteiger partial charge in [0.15, 0.2) is 5.50 Å². The molecule has 3 nitrogen and oxygen atoms in total. The van der Waals surface area contributed by atoms with Crippen molar-refractivity contribution in [3.05, 3.63) is 0 Å². The van der Waals surface area contributed by atoms with Gasteiger partial charge in [-0.3, -0.25) is 0 Å². The molecule has 0 amide bonds. The predicted molar refractivity (Wildman–Crippen MR) is 34.1 cm³/mol. The molecule has 0 spiro atoms. The van der Waals surface area contributed by atoms with Crippen LogP contribution in [-0.2, 0) is 10.1 Å². The van der Waals surface area contributed by atoms with Crippen LogP contribution in [-0.4, -0.2) is 18.5 Å². The van der Waals surface area contributed by atoms with Crippen LogP contribution in [0.4, 0.5) is 4.39 Å². The number of alkyl halides is 1. The van der Waals surface area contributed by atoms with Gasteiger partial charge >= 0.3 is 51.4 Å². The van der Waals surface area contributed by atoms with Crippen molar-refractivity contribution in [2.45, 2.75) is 31.7 Å². The summed E-state index contributed by atoms with van der Waals surface area (Å²) in [6.07, 6.45) is 0.945. The summed E-state index contributed by atoms with van der Waals surface area (Å²) in [4.78, 5) is 0. The van der Waals surface area contributed by atoms with E-state index in [-0.39, 0.29) is 57.8 Å². The third-order valence-corrected chi connectivity index (χ3v) is 1.96. The van der Waals surface area contributed by atoms with E-state index in [0.717, 1.165) is 0 Å². The predicted octanol–water partition coefficient (Wildman–Crippen LogP) is -1.98. The Morgan fingerprint density at radius 2 is 2.00 bits per heavy atom. The fourth-order valence-corrected chi connectivity index (χ4v) is 0.964. The van der Waals surface area contributed by atoms with Gasteiger partial charge in [-0.25, -0.2) is 12.8 Å². The van der Waals surface area contributed by atoms with Crippen molar-refractivity contribution >= 4 is 10.1 Å². The van der Waals surface area contributed by atoms with Crippen molar-refractivity contribution in [1.29, 1.82) is 0 Å². The maximum absolute atomic E-state index is 12.2. The van der Waals surface area contributed by atoms with E-state index in [1.165, 1.54) is 0 Å². The first-order valence-corrected chi connectivity index (χ1v) is 4.54. The van der Waals surface area contributed by atoms with Crippen LogP contribution >= 0.6 is 0 Å².